The van der Waals surface area contributed by atoms with Crippen molar-refractivity contribution in [2.45, 2.75) is 33.7 Å². The van der Waals surface area contributed by atoms with E-state index in [9.17, 15) is 9.59 Å². The maximum atomic E-state index is 12.1. The van der Waals surface area contributed by atoms with Crippen LogP contribution in [-0.4, -0.2) is 23.9 Å². The Hall–Kier alpha value is -2.89. The van der Waals surface area contributed by atoms with E-state index in [0.29, 0.717) is 11.6 Å². The summed E-state index contributed by atoms with van der Waals surface area (Å²) in [6.07, 6.45) is 0.767. The van der Waals surface area contributed by atoms with Gasteiger partial charge in [-0.2, -0.15) is 0 Å². The van der Waals surface area contributed by atoms with Gasteiger partial charge in [-0.15, -0.1) is 0 Å². The Bertz CT molecular complexity index is 787. The minimum Gasteiger partial charge on any atom is -0.481 e. The number of carbonyl (C=O) groups is 2. The van der Waals surface area contributed by atoms with Crippen molar-refractivity contribution in [3.63, 3.8) is 0 Å². The Morgan fingerprint density at radius 2 is 1.88 bits per heavy atom. The van der Waals surface area contributed by atoms with Crippen LogP contribution in [-0.2, 0) is 22.6 Å². The fourth-order valence-electron chi connectivity index (χ4n) is 2.59. The predicted octanol–water partition coefficient (Wildman–Crippen LogP) is 2.52. The van der Waals surface area contributed by atoms with Gasteiger partial charge in [0.2, 0.25) is 5.88 Å². The molecule has 0 saturated carbocycles. The van der Waals surface area contributed by atoms with Crippen molar-refractivity contribution >= 4 is 17.5 Å². The fourth-order valence-corrected chi connectivity index (χ4v) is 2.59. The highest BCUT2D eigenvalue weighted by molar-refractivity contribution is 6.39. The molecule has 25 heavy (non-hydrogen) atoms. The second kappa shape index (κ2) is 8.28. The van der Waals surface area contributed by atoms with Crippen molar-refractivity contribution in [3.05, 3.63) is 52.7 Å². The SMILES string of the molecule is CCc1ccccc1NC(=O)C(=O)NCc1c(C)cc(C)nc1OC. The van der Waals surface area contributed by atoms with Crippen LogP contribution in [0.1, 0.15) is 29.3 Å². The molecule has 0 saturated heterocycles. The zero-order valence-electron chi connectivity index (χ0n) is 15.0. The van der Waals surface area contributed by atoms with E-state index in [1.807, 2.05) is 45.0 Å². The number of nitrogens with zero attached hydrogens (tertiary/aromatic N) is 1. The summed E-state index contributed by atoms with van der Waals surface area (Å²) in [5.74, 6) is -0.944. The van der Waals surface area contributed by atoms with Crippen LogP contribution >= 0.6 is 0 Å². The molecule has 0 fully saturated rings. The maximum Gasteiger partial charge on any atom is 0.313 e. The number of amides is 2. The summed E-state index contributed by atoms with van der Waals surface area (Å²) in [6, 6.07) is 9.31. The summed E-state index contributed by atoms with van der Waals surface area (Å²) in [7, 11) is 1.53. The standard InChI is InChI=1S/C19H23N3O3/c1-5-14-8-6-7-9-16(14)22-18(24)17(23)20-11-15-12(2)10-13(3)21-19(15)25-4/h6-10H,5,11H2,1-4H3,(H,20,23)(H,22,24). The summed E-state index contributed by atoms with van der Waals surface area (Å²) in [4.78, 5) is 28.5. The molecular formula is C19H23N3O3. The Morgan fingerprint density at radius 1 is 1.16 bits per heavy atom. The summed E-state index contributed by atoms with van der Waals surface area (Å²) in [5, 5.41) is 5.27. The minimum atomic E-state index is -0.701. The number of pyridine rings is 1. The maximum absolute atomic E-state index is 12.1. The molecule has 0 aliphatic rings. The van der Waals surface area contributed by atoms with E-state index < -0.39 is 11.8 Å². The Morgan fingerprint density at radius 3 is 2.56 bits per heavy atom. The van der Waals surface area contributed by atoms with Gasteiger partial charge in [-0.1, -0.05) is 25.1 Å². The number of methoxy groups -OCH3 is 1. The van der Waals surface area contributed by atoms with Gasteiger partial charge in [0.25, 0.3) is 0 Å². The predicted molar refractivity (Wildman–Crippen MR) is 96.6 cm³/mol. The van der Waals surface area contributed by atoms with Gasteiger partial charge in [0, 0.05) is 23.5 Å². The lowest BCUT2D eigenvalue weighted by Gasteiger charge is -2.13. The normalized spacial score (nSPS) is 10.2. The molecule has 0 aliphatic heterocycles. The van der Waals surface area contributed by atoms with Crippen molar-refractivity contribution in [2.24, 2.45) is 0 Å². The van der Waals surface area contributed by atoms with Gasteiger partial charge in [0.05, 0.1) is 7.11 Å². The number of aryl methyl sites for hydroxylation is 3. The number of carbonyl (C=O) groups excluding carboxylic acids is 2. The summed E-state index contributed by atoms with van der Waals surface area (Å²) in [6.45, 7) is 5.95. The number of hydrogen-bond donors (Lipinski definition) is 2. The quantitative estimate of drug-likeness (QED) is 0.819. The topological polar surface area (TPSA) is 80.3 Å². The average Bonchev–Trinajstić information content (AvgIpc) is 2.60. The molecule has 6 heteroatoms. The Labute approximate surface area is 147 Å². The summed E-state index contributed by atoms with van der Waals surface area (Å²) >= 11 is 0. The molecule has 1 aromatic carbocycles. The van der Waals surface area contributed by atoms with Crippen LogP contribution < -0.4 is 15.4 Å². The third kappa shape index (κ3) is 4.56. The average molecular weight is 341 g/mol. The zero-order valence-corrected chi connectivity index (χ0v) is 15.0. The highest BCUT2D eigenvalue weighted by Crippen LogP contribution is 2.20. The molecule has 132 valence electrons. The van der Waals surface area contributed by atoms with E-state index in [1.54, 1.807) is 6.07 Å². The number of anilines is 1. The van der Waals surface area contributed by atoms with E-state index >= 15 is 0 Å². The van der Waals surface area contributed by atoms with Crippen LogP contribution in [0.15, 0.2) is 30.3 Å². The molecule has 1 heterocycles. The molecule has 0 bridgehead atoms. The molecule has 2 rings (SSSR count). The van der Waals surface area contributed by atoms with Crippen LogP contribution in [0.2, 0.25) is 0 Å². The molecule has 0 aliphatic carbocycles. The van der Waals surface area contributed by atoms with Crippen molar-refractivity contribution in [2.75, 3.05) is 12.4 Å². The van der Waals surface area contributed by atoms with Crippen LogP contribution in [0.5, 0.6) is 5.88 Å². The summed E-state index contributed by atoms with van der Waals surface area (Å²) in [5.41, 5.74) is 4.16. The second-order valence-electron chi connectivity index (χ2n) is 5.72. The van der Waals surface area contributed by atoms with Crippen LogP contribution in [0, 0.1) is 13.8 Å². The van der Waals surface area contributed by atoms with Gasteiger partial charge in [-0.25, -0.2) is 4.98 Å². The first-order chi connectivity index (χ1) is 12.0. The lowest BCUT2D eigenvalue weighted by molar-refractivity contribution is -0.136. The number of rotatable bonds is 5. The molecule has 2 amide bonds. The van der Waals surface area contributed by atoms with E-state index in [0.717, 1.165) is 28.8 Å². The van der Waals surface area contributed by atoms with Gasteiger partial charge in [-0.3, -0.25) is 9.59 Å². The van der Waals surface area contributed by atoms with E-state index in [1.165, 1.54) is 7.11 Å². The fraction of sp³-hybridized carbons (Fsp3) is 0.316. The first-order valence-electron chi connectivity index (χ1n) is 8.14. The van der Waals surface area contributed by atoms with E-state index in [-0.39, 0.29) is 6.54 Å². The van der Waals surface area contributed by atoms with Gasteiger partial charge >= 0.3 is 11.8 Å². The van der Waals surface area contributed by atoms with Crippen LogP contribution in [0.25, 0.3) is 0 Å². The lowest BCUT2D eigenvalue weighted by Crippen LogP contribution is -2.35. The smallest absolute Gasteiger partial charge is 0.313 e. The molecule has 0 radical (unpaired) electrons. The second-order valence-corrected chi connectivity index (χ2v) is 5.72. The van der Waals surface area contributed by atoms with Crippen molar-refractivity contribution in [3.8, 4) is 5.88 Å². The van der Waals surface area contributed by atoms with Gasteiger partial charge in [0.1, 0.15) is 0 Å². The molecule has 2 aromatic rings. The summed E-state index contributed by atoms with van der Waals surface area (Å²) < 4.78 is 5.26. The molecule has 1 aromatic heterocycles. The number of para-hydroxylation sites is 1. The number of nitrogens with one attached hydrogen (secondary N) is 2. The molecule has 0 unspecified atom stereocenters. The Kier molecular flexibility index (Phi) is 6.11. The number of aromatic nitrogens is 1. The molecule has 2 N–H and O–H groups in total. The third-order valence-electron chi connectivity index (χ3n) is 3.91. The van der Waals surface area contributed by atoms with Gasteiger partial charge in [-0.05, 0) is 43.5 Å². The van der Waals surface area contributed by atoms with Crippen molar-refractivity contribution < 1.29 is 14.3 Å². The first kappa shape index (κ1) is 18.4. The first-order valence-corrected chi connectivity index (χ1v) is 8.14. The van der Waals surface area contributed by atoms with Crippen LogP contribution in [0.3, 0.4) is 0 Å². The monoisotopic (exact) mass is 341 g/mol. The number of ether oxygens (including phenoxy) is 1. The van der Waals surface area contributed by atoms with E-state index in [4.69, 9.17) is 4.74 Å². The minimum absolute atomic E-state index is 0.171. The van der Waals surface area contributed by atoms with Gasteiger partial charge in [0.15, 0.2) is 0 Å². The zero-order chi connectivity index (χ0) is 18.4. The highest BCUT2D eigenvalue weighted by Gasteiger charge is 2.17. The number of benzene rings is 1. The Balaban J connectivity index is 2.04. The van der Waals surface area contributed by atoms with Crippen molar-refractivity contribution in [1.29, 1.82) is 0 Å². The van der Waals surface area contributed by atoms with Crippen LogP contribution in [0.4, 0.5) is 5.69 Å². The largest absolute Gasteiger partial charge is 0.481 e. The number of hydrogen-bond acceptors (Lipinski definition) is 4. The van der Waals surface area contributed by atoms with E-state index in [2.05, 4.69) is 15.6 Å². The molecule has 0 spiro atoms. The third-order valence-corrected chi connectivity index (χ3v) is 3.91. The lowest BCUT2D eigenvalue weighted by atomic mass is 10.1. The van der Waals surface area contributed by atoms with Gasteiger partial charge < -0.3 is 15.4 Å². The molecule has 0 atom stereocenters. The van der Waals surface area contributed by atoms with Crippen molar-refractivity contribution in [1.82, 2.24) is 10.3 Å². The molecular weight excluding hydrogens is 318 g/mol. The molecule has 6 nitrogen and oxygen atoms in total. The highest BCUT2D eigenvalue weighted by atomic mass is 16.5.